The zero-order valence-corrected chi connectivity index (χ0v) is 10.3. The van der Waals surface area contributed by atoms with Gasteiger partial charge in [0.05, 0.1) is 7.11 Å². The smallest absolute Gasteiger partial charge is 0.166 e. The lowest BCUT2D eigenvalue weighted by Gasteiger charge is -2.11. The van der Waals surface area contributed by atoms with Crippen LogP contribution in [0.1, 0.15) is 15.9 Å². The molecule has 0 spiro atoms. The van der Waals surface area contributed by atoms with Crippen LogP contribution in [0.5, 0.6) is 11.5 Å². The van der Waals surface area contributed by atoms with E-state index in [-0.39, 0.29) is 5.75 Å². The Hall–Kier alpha value is -2.29. The summed E-state index contributed by atoms with van der Waals surface area (Å²) < 4.78 is 5.06. The highest BCUT2D eigenvalue weighted by molar-refractivity contribution is 5.91. The molecule has 18 heavy (non-hydrogen) atoms. The van der Waals surface area contributed by atoms with Gasteiger partial charge in [-0.05, 0) is 24.6 Å². The number of aromatic hydroxyl groups is 1. The maximum atomic E-state index is 11.1. The summed E-state index contributed by atoms with van der Waals surface area (Å²) in [7, 11) is 1.48. The van der Waals surface area contributed by atoms with Gasteiger partial charge in [0.2, 0.25) is 0 Å². The number of carbonyl (C=O) groups excluding carboxylic acids is 1. The largest absolute Gasteiger partial charge is 0.504 e. The van der Waals surface area contributed by atoms with E-state index in [0.717, 1.165) is 17.4 Å². The zero-order valence-electron chi connectivity index (χ0n) is 10.3. The summed E-state index contributed by atoms with van der Waals surface area (Å²) in [5, 5.41) is 10.1. The first-order valence-corrected chi connectivity index (χ1v) is 5.59. The number of methoxy groups -OCH3 is 1. The van der Waals surface area contributed by atoms with Gasteiger partial charge in [0.25, 0.3) is 0 Å². The molecule has 1 N–H and O–H groups in total. The second-order valence-electron chi connectivity index (χ2n) is 4.06. The van der Waals surface area contributed by atoms with Gasteiger partial charge in [0, 0.05) is 11.1 Å². The molecule has 3 nitrogen and oxygen atoms in total. The van der Waals surface area contributed by atoms with E-state index in [1.807, 2.05) is 31.2 Å². The van der Waals surface area contributed by atoms with Crippen LogP contribution in [0, 0.1) is 6.92 Å². The Morgan fingerprint density at radius 2 is 1.78 bits per heavy atom. The molecule has 0 amide bonds. The first kappa shape index (κ1) is 12.2. The Morgan fingerprint density at radius 1 is 1.11 bits per heavy atom. The molecule has 0 aliphatic rings. The molecular formula is C15H14O3. The third-order valence-corrected chi connectivity index (χ3v) is 2.86. The van der Waals surface area contributed by atoms with E-state index in [1.165, 1.54) is 7.11 Å². The number of aldehydes is 1. The quantitative estimate of drug-likeness (QED) is 0.841. The third kappa shape index (κ3) is 2.07. The Morgan fingerprint density at radius 3 is 2.33 bits per heavy atom. The van der Waals surface area contributed by atoms with Crippen molar-refractivity contribution in [1.82, 2.24) is 0 Å². The average Bonchev–Trinajstić information content (AvgIpc) is 2.39. The minimum absolute atomic E-state index is 0.00838. The molecule has 0 unspecified atom stereocenters. The van der Waals surface area contributed by atoms with Crippen LogP contribution < -0.4 is 4.74 Å². The number of aryl methyl sites for hydroxylation is 1. The fraction of sp³-hybridized carbons (Fsp3) is 0.133. The molecule has 0 saturated heterocycles. The fourth-order valence-electron chi connectivity index (χ4n) is 1.87. The minimum Gasteiger partial charge on any atom is -0.504 e. The van der Waals surface area contributed by atoms with Crippen LogP contribution in [-0.2, 0) is 0 Å². The Labute approximate surface area is 106 Å². The van der Waals surface area contributed by atoms with Gasteiger partial charge in [0.1, 0.15) is 0 Å². The van der Waals surface area contributed by atoms with Gasteiger partial charge < -0.3 is 9.84 Å². The minimum atomic E-state index is -0.00838. The first-order chi connectivity index (χ1) is 8.67. The van der Waals surface area contributed by atoms with E-state index >= 15 is 0 Å². The summed E-state index contributed by atoms with van der Waals surface area (Å²) in [6.07, 6.45) is 0.731. The molecule has 92 valence electrons. The van der Waals surface area contributed by atoms with Crippen LogP contribution in [0.4, 0.5) is 0 Å². The van der Waals surface area contributed by atoms with Crippen LogP contribution in [0.3, 0.4) is 0 Å². The van der Waals surface area contributed by atoms with Crippen molar-refractivity contribution in [3.8, 4) is 22.6 Å². The summed E-state index contributed by atoms with van der Waals surface area (Å²) >= 11 is 0. The van der Waals surface area contributed by atoms with E-state index in [4.69, 9.17) is 4.74 Å². The van der Waals surface area contributed by atoms with Gasteiger partial charge in [0.15, 0.2) is 17.8 Å². The highest BCUT2D eigenvalue weighted by Crippen LogP contribution is 2.39. The molecule has 0 heterocycles. The molecular weight excluding hydrogens is 228 g/mol. The van der Waals surface area contributed by atoms with Crippen LogP contribution in [0.25, 0.3) is 11.1 Å². The van der Waals surface area contributed by atoms with Crippen molar-refractivity contribution in [2.45, 2.75) is 6.92 Å². The maximum absolute atomic E-state index is 11.1. The molecule has 0 radical (unpaired) electrons. The number of rotatable bonds is 3. The van der Waals surface area contributed by atoms with Gasteiger partial charge in [-0.1, -0.05) is 29.8 Å². The second kappa shape index (κ2) is 4.92. The molecule has 2 rings (SSSR count). The normalized spacial score (nSPS) is 10.1. The number of hydrogen-bond donors (Lipinski definition) is 1. The highest BCUT2D eigenvalue weighted by atomic mass is 16.5. The lowest BCUT2D eigenvalue weighted by atomic mass is 9.98. The van der Waals surface area contributed by atoms with E-state index in [9.17, 15) is 9.90 Å². The van der Waals surface area contributed by atoms with Crippen molar-refractivity contribution in [2.24, 2.45) is 0 Å². The van der Waals surface area contributed by atoms with Gasteiger partial charge in [-0.2, -0.15) is 0 Å². The topological polar surface area (TPSA) is 46.5 Å². The monoisotopic (exact) mass is 242 g/mol. The SMILES string of the molecule is COc1ccc(C=O)c(-c2ccc(C)cc2)c1O. The molecule has 3 heteroatoms. The average molecular weight is 242 g/mol. The summed E-state index contributed by atoms with van der Waals surface area (Å²) in [4.78, 5) is 11.1. The number of carbonyl (C=O) groups is 1. The maximum Gasteiger partial charge on any atom is 0.166 e. The molecule has 2 aromatic carbocycles. The molecule has 0 aliphatic carbocycles. The van der Waals surface area contributed by atoms with Crippen molar-refractivity contribution in [3.05, 3.63) is 47.5 Å². The summed E-state index contributed by atoms with van der Waals surface area (Å²) in [5.41, 5.74) is 2.86. The summed E-state index contributed by atoms with van der Waals surface area (Å²) in [5.74, 6) is 0.349. The number of benzene rings is 2. The highest BCUT2D eigenvalue weighted by Gasteiger charge is 2.14. The van der Waals surface area contributed by atoms with Gasteiger partial charge in [-0.15, -0.1) is 0 Å². The van der Waals surface area contributed by atoms with Crippen molar-refractivity contribution >= 4 is 6.29 Å². The van der Waals surface area contributed by atoms with E-state index < -0.39 is 0 Å². The van der Waals surface area contributed by atoms with Crippen LogP contribution in [0.15, 0.2) is 36.4 Å². The fourth-order valence-corrected chi connectivity index (χ4v) is 1.87. The Kier molecular flexibility index (Phi) is 3.33. The molecule has 0 fully saturated rings. The molecule has 0 bridgehead atoms. The number of phenols is 1. The molecule has 0 atom stereocenters. The number of ether oxygens (including phenoxy) is 1. The summed E-state index contributed by atoms with van der Waals surface area (Å²) in [6.45, 7) is 1.98. The van der Waals surface area contributed by atoms with E-state index in [0.29, 0.717) is 16.9 Å². The molecule has 2 aromatic rings. The predicted molar refractivity (Wildman–Crippen MR) is 70.2 cm³/mol. The van der Waals surface area contributed by atoms with Crippen LogP contribution in [-0.4, -0.2) is 18.5 Å². The third-order valence-electron chi connectivity index (χ3n) is 2.86. The number of phenolic OH excluding ortho intramolecular Hbond substituents is 1. The van der Waals surface area contributed by atoms with Crippen molar-refractivity contribution < 1.29 is 14.6 Å². The van der Waals surface area contributed by atoms with Crippen molar-refractivity contribution in [1.29, 1.82) is 0 Å². The van der Waals surface area contributed by atoms with E-state index in [2.05, 4.69) is 0 Å². The molecule has 0 aromatic heterocycles. The second-order valence-corrected chi connectivity index (χ2v) is 4.06. The lowest BCUT2D eigenvalue weighted by Crippen LogP contribution is -1.92. The van der Waals surface area contributed by atoms with Crippen molar-refractivity contribution in [3.63, 3.8) is 0 Å². The van der Waals surface area contributed by atoms with Crippen LogP contribution >= 0.6 is 0 Å². The zero-order chi connectivity index (χ0) is 13.1. The molecule has 0 saturated carbocycles. The van der Waals surface area contributed by atoms with E-state index in [1.54, 1.807) is 12.1 Å². The Bertz CT molecular complexity index is 571. The van der Waals surface area contributed by atoms with Gasteiger partial charge >= 0.3 is 0 Å². The van der Waals surface area contributed by atoms with Gasteiger partial charge in [-0.25, -0.2) is 0 Å². The van der Waals surface area contributed by atoms with Crippen LogP contribution in [0.2, 0.25) is 0 Å². The Balaban J connectivity index is 2.67. The lowest BCUT2D eigenvalue weighted by molar-refractivity contribution is 0.112. The standard InChI is InChI=1S/C15H14O3/c1-10-3-5-11(6-4-10)14-12(9-16)7-8-13(18-2)15(14)17/h3-9,17H,1-2H3. The molecule has 0 aliphatic heterocycles. The van der Waals surface area contributed by atoms with Gasteiger partial charge in [-0.3, -0.25) is 4.79 Å². The predicted octanol–water partition coefficient (Wildman–Crippen LogP) is 3.19. The number of hydrogen-bond acceptors (Lipinski definition) is 3. The first-order valence-electron chi connectivity index (χ1n) is 5.59. The summed E-state index contributed by atoms with van der Waals surface area (Å²) in [6, 6.07) is 10.8. The van der Waals surface area contributed by atoms with Crippen molar-refractivity contribution in [2.75, 3.05) is 7.11 Å².